The van der Waals surface area contributed by atoms with Crippen molar-refractivity contribution in [3.05, 3.63) is 87.3 Å². The minimum Gasteiger partial charge on any atom is -0.494 e. The molecule has 0 saturated carbocycles. The molecule has 0 spiro atoms. The maximum Gasteiger partial charge on any atom is 0.416 e. The van der Waals surface area contributed by atoms with Crippen LogP contribution in [0.5, 0.6) is 11.5 Å². The zero-order valence-electron chi connectivity index (χ0n) is 24.9. The van der Waals surface area contributed by atoms with Crippen LogP contribution in [0.4, 0.5) is 13.2 Å². The Hall–Kier alpha value is -3.62. The van der Waals surface area contributed by atoms with Gasteiger partial charge in [0, 0.05) is 42.3 Å². The van der Waals surface area contributed by atoms with Gasteiger partial charge in [-0.25, -0.2) is 4.79 Å². The number of morpholine rings is 1. The molecule has 2 aliphatic heterocycles. The third-order valence-electron chi connectivity index (χ3n) is 7.42. The normalized spacial score (nSPS) is 16.6. The number of thioether (sulfide) groups is 1. The molecule has 1 N–H and O–H groups in total. The summed E-state index contributed by atoms with van der Waals surface area (Å²) in [5.74, 6) is -0.457. The fraction of sp³-hybridized carbons (Fsp3) is 0.303. The van der Waals surface area contributed by atoms with Crippen molar-refractivity contribution < 1.29 is 42.1 Å². The first-order valence-electron chi connectivity index (χ1n) is 14.7. The smallest absolute Gasteiger partial charge is 0.416 e. The van der Waals surface area contributed by atoms with Crippen molar-refractivity contribution in [3.63, 3.8) is 0 Å². The number of amides is 1. The van der Waals surface area contributed by atoms with Gasteiger partial charge in [0.2, 0.25) is 0 Å². The fourth-order valence-corrected chi connectivity index (χ4v) is 6.47. The summed E-state index contributed by atoms with van der Waals surface area (Å²) in [5.41, 5.74) is 0.383. The lowest BCUT2D eigenvalue weighted by Gasteiger charge is -2.26. The maximum atomic E-state index is 13.6. The molecule has 0 unspecified atom stereocenters. The summed E-state index contributed by atoms with van der Waals surface area (Å²) in [6, 6.07) is 14.2. The molecule has 2 fully saturated rings. The van der Waals surface area contributed by atoms with Gasteiger partial charge in [-0.3, -0.25) is 14.6 Å². The number of aromatic carboxylic acids is 1. The minimum atomic E-state index is -4.57. The predicted octanol–water partition coefficient (Wildman–Crippen LogP) is 7.11. The predicted molar refractivity (Wildman–Crippen MR) is 178 cm³/mol. The van der Waals surface area contributed by atoms with Crippen molar-refractivity contribution >= 4 is 57.9 Å². The Bertz CT molecular complexity index is 1660. The van der Waals surface area contributed by atoms with E-state index in [1.807, 2.05) is 0 Å². The van der Waals surface area contributed by atoms with E-state index in [0.717, 1.165) is 37.0 Å². The number of nitrogens with zero attached hydrogens (tertiary/aromatic N) is 2. The highest BCUT2D eigenvalue weighted by atomic mass is 35.5. The van der Waals surface area contributed by atoms with Crippen LogP contribution < -0.4 is 9.47 Å². The van der Waals surface area contributed by atoms with Crippen LogP contribution in [0.3, 0.4) is 0 Å². The molecular formula is C33H30ClF3N2O6S2. The second kappa shape index (κ2) is 15.5. The Kier molecular flexibility index (Phi) is 11.5. The van der Waals surface area contributed by atoms with E-state index in [4.69, 9.17) is 43.1 Å². The van der Waals surface area contributed by atoms with Crippen LogP contribution in [-0.2, 0) is 15.7 Å². The van der Waals surface area contributed by atoms with Crippen LogP contribution >= 0.6 is 35.6 Å². The Morgan fingerprint density at radius 2 is 1.74 bits per heavy atom. The van der Waals surface area contributed by atoms with E-state index in [1.54, 1.807) is 36.4 Å². The van der Waals surface area contributed by atoms with Gasteiger partial charge < -0.3 is 19.3 Å². The van der Waals surface area contributed by atoms with Gasteiger partial charge in [-0.05, 0) is 72.7 Å². The van der Waals surface area contributed by atoms with E-state index < -0.39 is 17.7 Å². The lowest BCUT2D eigenvalue weighted by Crippen LogP contribution is -2.38. The number of hydrogen-bond acceptors (Lipinski definition) is 8. The van der Waals surface area contributed by atoms with Crippen LogP contribution in [0.2, 0.25) is 5.02 Å². The second-order valence-electron chi connectivity index (χ2n) is 10.6. The van der Waals surface area contributed by atoms with Gasteiger partial charge in [0.25, 0.3) is 5.91 Å². The SMILES string of the molecule is O=C(O)c1ccc(OCCCN2C(=O)/C(=C/c3ccc(OCCN4CCOCC4)c(-c4cc(C(F)(F)F)ccc4Cl)c3)SC2=S)cc1. The molecule has 0 aromatic heterocycles. The molecular weight excluding hydrogens is 677 g/mol. The van der Waals surface area contributed by atoms with Crippen LogP contribution in [0.15, 0.2) is 65.6 Å². The summed E-state index contributed by atoms with van der Waals surface area (Å²) in [6.07, 6.45) is -2.46. The number of carbonyl (C=O) groups is 2. The molecule has 0 atom stereocenters. The number of rotatable bonds is 12. The molecule has 5 rings (SSSR count). The molecule has 8 nitrogen and oxygen atoms in total. The van der Waals surface area contributed by atoms with Crippen molar-refractivity contribution in [2.45, 2.75) is 12.6 Å². The fourth-order valence-electron chi connectivity index (χ4n) is 4.94. The molecule has 248 valence electrons. The third-order valence-corrected chi connectivity index (χ3v) is 9.13. The van der Waals surface area contributed by atoms with E-state index in [9.17, 15) is 22.8 Å². The molecule has 3 aromatic rings. The van der Waals surface area contributed by atoms with Gasteiger partial charge in [-0.2, -0.15) is 13.2 Å². The summed E-state index contributed by atoms with van der Waals surface area (Å²) < 4.78 is 58.4. The number of carboxylic acids is 1. The molecule has 2 saturated heterocycles. The number of carbonyl (C=O) groups excluding carboxylic acids is 1. The number of benzene rings is 3. The molecule has 1 amide bonds. The number of carboxylic acid groups (broad SMARTS) is 1. The van der Waals surface area contributed by atoms with Crippen LogP contribution in [0.1, 0.15) is 27.9 Å². The van der Waals surface area contributed by atoms with Crippen molar-refractivity contribution in [2.24, 2.45) is 0 Å². The molecule has 47 heavy (non-hydrogen) atoms. The first-order chi connectivity index (χ1) is 22.5. The average molecular weight is 707 g/mol. The van der Waals surface area contributed by atoms with E-state index in [2.05, 4.69) is 4.90 Å². The third kappa shape index (κ3) is 9.05. The molecule has 0 bridgehead atoms. The quantitative estimate of drug-likeness (QED) is 0.120. The Morgan fingerprint density at radius 1 is 1.00 bits per heavy atom. The molecule has 14 heteroatoms. The minimum absolute atomic E-state index is 0.125. The van der Waals surface area contributed by atoms with Gasteiger partial charge in [-0.1, -0.05) is 41.6 Å². The zero-order valence-corrected chi connectivity index (χ0v) is 27.3. The number of alkyl halides is 3. The molecule has 3 aromatic carbocycles. The number of ether oxygens (including phenoxy) is 3. The van der Waals surface area contributed by atoms with Crippen LogP contribution in [0, 0.1) is 0 Å². The van der Waals surface area contributed by atoms with E-state index in [0.29, 0.717) is 71.2 Å². The van der Waals surface area contributed by atoms with Crippen molar-refractivity contribution in [1.82, 2.24) is 9.80 Å². The van der Waals surface area contributed by atoms with E-state index in [-0.39, 0.29) is 28.7 Å². The monoisotopic (exact) mass is 706 g/mol. The number of hydrogen-bond donors (Lipinski definition) is 1. The van der Waals surface area contributed by atoms with Crippen molar-refractivity contribution in [2.75, 3.05) is 52.6 Å². The Morgan fingerprint density at radius 3 is 2.45 bits per heavy atom. The number of halogens is 4. The summed E-state index contributed by atoms with van der Waals surface area (Å²) in [6.45, 7) is 4.29. The Labute approximate surface area is 284 Å². The zero-order chi connectivity index (χ0) is 33.6. The van der Waals surface area contributed by atoms with Gasteiger partial charge in [0.05, 0.1) is 35.9 Å². The Balaban J connectivity index is 1.31. The largest absolute Gasteiger partial charge is 0.494 e. The van der Waals surface area contributed by atoms with E-state index >= 15 is 0 Å². The van der Waals surface area contributed by atoms with Crippen LogP contribution in [0.25, 0.3) is 17.2 Å². The molecule has 2 heterocycles. The van der Waals surface area contributed by atoms with Gasteiger partial charge in [0.1, 0.15) is 22.4 Å². The highest BCUT2D eigenvalue weighted by Crippen LogP contribution is 2.41. The first-order valence-corrected chi connectivity index (χ1v) is 16.3. The van der Waals surface area contributed by atoms with Gasteiger partial charge >= 0.3 is 12.1 Å². The number of thiocarbonyl (C=S) groups is 1. The second-order valence-corrected chi connectivity index (χ2v) is 12.7. The molecule has 2 aliphatic rings. The van der Waals surface area contributed by atoms with Crippen LogP contribution in [-0.4, -0.2) is 83.7 Å². The van der Waals surface area contributed by atoms with E-state index in [1.165, 1.54) is 23.1 Å². The summed E-state index contributed by atoms with van der Waals surface area (Å²) >= 11 is 13.0. The highest BCUT2D eigenvalue weighted by molar-refractivity contribution is 8.26. The summed E-state index contributed by atoms with van der Waals surface area (Å²) in [5, 5.41) is 9.15. The average Bonchev–Trinajstić information content (AvgIpc) is 3.31. The lowest BCUT2D eigenvalue weighted by molar-refractivity contribution is -0.137. The van der Waals surface area contributed by atoms with Crippen molar-refractivity contribution in [1.29, 1.82) is 0 Å². The summed E-state index contributed by atoms with van der Waals surface area (Å²) in [7, 11) is 0. The standard InChI is InChI=1S/C33H30ClF3N2O6S2/c34-27-8-5-23(33(35,36)37)20-25(27)26-18-21(2-9-28(26)45-17-13-38-11-15-43-16-12-38)19-29-30(40)39(32(46)47-29)10-1-14-44-24-6-3-22(4-7-24)31(41)42/h2-9,18-20H,1,10-17H2,(H,41,42)/b29-19-. The first kappa shape index (κ1) is 34.7. The molecule has 0 radical (unpaired) electrons. The van der Waals surface area contributed by atoms with Gasteiger partial charge in [0.15, 0.2) is 0 Å². The molecule has 0 aliphatic carbocycles. The topological polar surface area (TPSA) is 88.5 Å². The van der Waals surface area contributed by atoms with Crippen molar-refractivity contribution in [3.8, 4) is 22.6 Å². The lowest BCUT2D eigenvalue weighted by atomic mass is 9.99. The summed E-state index contributed by atoms with van der Waals surface area (Å²) in [4.78, 5) is 28.3. The highest BCUT2D eigenvalue weighted by Gasteiger charge is 2.33. The maximum absolute atomic E-state index is 13.6. The van der Waals surface area contributed by atoms with Gasteiger partial charge in [-0.15, -0.1) is 0 Å².